The van der Waals surface area contributed by atoms with Crippen molar-refractivity contribution in [2.24, 2.45) is 0 Å². The first-order chi connectivity index (χ1) is 17.2. The summed E-state index contributed by atoms with van der Waals surface area (Å²) in [4.78, 5) is 26.6. The fourth-order valence-electron chi connectivity index (χ4n) is 4.06. The van der Waals surface area contributed by atoms with Gasteiger partial charge >= 0.3 is 0 Å². The van der Waals surface area contributed by atoms with Crippen LogP contribution in [0, 0.1) is 20.8 Å². The molecule has 36 heavy (non-hydrogen) atoms. The smallest absolute Gasteiger partial charge is 0.241 e. The van der Waals surface area contributed by atoms with Crippen LogP contribution in [0.3, 0.4) is 0 Å². The van der Waals surface area contributed by atoms with Gasteiger partial charge in [-0.05, 0) is 89.3 Å². The molecule has 2 aromatic rings. The van der Waals surface area contributed by atoms with E-state index in [1.165, 1.54) is 0 Å². The topological polar surface area (TPSA) is 73.5 Å². The van der Waals surface area contributed by atoms with E-state index in [-0.39, 0.29) is 23.9 Å². The molecule has 0 aliphatic rings. The molecule has 0 aromatic heterocycles. The number of nitrogens with zero attached hydrogens (tertiary/aromatic N) is 1. The molecular weight excluding hydrogens is 448 g/mol. The number of aryl methyl sites for hydroxylation is 3. The number of para-hydroxylation sites is 2. The molecule has 0 radical (unpaired) electrons. The van der Waals surface area contributed by atoms with Crippen molar-refractivity contribution >= 4 is 23.2 Å². The Kier molecular flexibility index (Phi) is 14.7. The molecule has 200 valence electrons. The van der Waals surface area contributed by atoms with Crippen LogP contribution in [-0.4, -0.2) is 48.4 Å². The molecule has 3 N–H and O–H groups in total. The Morgan fingerprint density at radius 3 is 1.94 bits per heavy atom. The molecule has 6 heteroatoms. The highest BCUT2D eigenvalue weighted by atomic mass is 16.2. The van der Waals surface area contributed by atoms with Gasteiger partial charge in [-0.3, -0.25) is 14.5 Å². The van der Waals surface area contributed by atoms with E-state index in [1.807, 2.05) is 70.2 Å². The maximum Gasteiger partial charge on any atom is 0.241 e. The second-order valence-corrected chi connectivity index (χ2v) is 9.29. The Labute approximate surface area is 219 Å². The number of rotatable bonds is 12. The zero-order valence-electron chi connectivity index (χ0n) is 23.7. The second-order valence-electron chi connectivity index (χ2n) is 9.29. The van der Waals surface area contributed by atoms with E-state index >= 15 is 0 Å². The normalized spacial score (nSPS) is 12.4. The number of benzene rings is 2. The average Bonchev–Trinajstić information content (AvgIpc) is 2.86. The predicted octanol–water partition coefficient (Wildman–Crippen LogP) is 6.07. The molecule has 2 amide bonds. The van der Waals surface area contributed by atoms with Crippen molar-refractivity contribution in [2.45, 2.75) is 86.7 Å². The Morgan fingerprint density at radius 1 is 0.806 bits per heavy atom. The molecule has 2 rings (SSSR count). The predicted molar refractivity (Wildman–Crippen MR) is 154 cm³/mol. The van der Waals surface area contributed by atoms with Gasteiger partial charge in [0, 0.05) is 11.4 Å². The molecule has 0 heterocycles. The van der Waals surface area contributed by atoms with Crippen LogP contribution in [0.2, 0.25) is 0 Å². The van der Waals surface area contributed by atoms with Crippen molar-refractivity contribution in [3.63, 3.8) is 0 Å². The highest BCUT2D eigenvalue weighted by Crippen LogP contribution is 2.20. The van der Waals surface area contributed by atoms with Crippen molar-refractivity contribution in [2.75, 3.05) is 30.3 Å². The van der Waals surface area contributed by atoms with Crippen LogP contribution in [0.1, 0.15) is 70.6 Å². The van der Waals surface area contributed by atoms with Crippen LogP contribution < -0.4 is 16.0 Å². The number of carbonyl (C=O) groups excluding carboxylic acids is 2. The van der Waals surface area contributed by atoms with Crippen LogP contribution in [0.15, 0.2) is 42.5 Å². The van der Waals surface area contributed by atoms with E-state index in [4.69, 9.17) is 0 Å². The number of nitrogens with one attached hydrogen (secondary N) is 3. The van der Waals surface area contributed by atoms with Gasteiger partial charge in [-0.15, -0.1) is 0 Å². The summed E-state index contributed by atoms with van der Waals surface area (Å²) >= 11 is 0. The summed E-state index contributed by atoms with van der Waals surface area (Å²) in [6, 6.07) is 13.7. The van der Waals surface area contributed by atoms with Gasteiger partial charge in [-0.2, -0.15) is 0 Å². The Morgan fingerprint density at radius 2 is 1.42 bits per heavy atom. The van der Waals surface area contributed by atoms with E-state index in [0.29, 0.717) is 0 Å². The molecule has 0 aliphatic heterocycles. The maximum absolute atomic E-state index is 12.6. The van der Waals surface area contributed by atoms with Gasteiger partial charge in [0.2, 0.25) is 11.8 Å². The lowest BCUT2D eigenvalue weighted by Gasteiger charge is -2.29. The zero-order chi connectivity index (χ0) is 27.1. The standard InChI is InChI=1S/C17H28N2O.C13H20N2O/c1-6-12-19(8-3)15(7-2)17(20)18-16-13(4)10-9-11-14(16)5;1-4-9-14-11(3)13(16)15-12-8-6-5-7-10(12)2/h9-11,15H,6-8,12H2,1-5H3,(H,18,20);5-8,11,14H,4,9H2,1-3H3,(H,15,16). The zero-order valence-corrected chi connectivity index (χ0v) is 23.7. The Balaban J connectivity index is 0.000000369. The number of hydrogen-bond donors (Lipinski definition) is 3. The molecule has 0 bridgehead atoms. The van der Waals surface area contributed by atoms with Gasteiger partial charge < -0.3 is 16.0 Å². The molecule has 0 spiro atoms. The summed E-state index contributed by atoms with van der Waals surface area (Å²) in [5.41, 5.74) is 5.16. The summed E-state index contributed by atoms with van der Waals surface area (Å²) in [7, 11) is 0. The summed E-state index contributed by atoms with van der Waals surface area (Å²) in [5, 5.41) is 9.20. The molecule has 2 unspecified atom stereocenters. The van der Waals surface area contributed by atoms with E-state index in [0.717, 1.165) is 67.0 Å². The van der Waals surface area contributed by atoms with E-state index < -0.39 is 0 Å². The minimum absolute atomic E-state index is 0.0164. The van der Waals surface area contributed by atoms with Crippen molar-refractivity contribution in [3.8, 4) is 0 Å². The Bertz CT molecular complexity index is 924. The van der Waals surface area contributed by atoms with Gasteiger partial charge in [-0.25, -0.2) is 0 Å². The van der Waals surface area contributed by atoms with Gasteiger partial charge in [0.15, 0.2) is 0 Å². The van der Waals surface area contributed by atoms with Crippen LogP contribution in [0.5, 0.6) is 0 Å². The fraction of sp³-hybridized carbons (Fsp3) is 0.533. The SMILES string of the molecule is CCCN(CC)C(CC)C(=O)Nc1c(C)cccc1C.CCCNC(C)C(=O)Nc1ccccc1C. The number of likely N-dealkylation sites (N-methyl/N-ethyl adjacent to an activating group) is 1. The third-order valence-corrected chi connectivity index (χ3v) is 6.27. The Hall–Kier alpha value is -2.70. The molecule has 0 fully saturated rings. The first-order valence-corrected chi connectivity index (χ1v) is 13.4. The van der Waals surface area contributed by atoms with Gasteiger partial charge in [0.1, 0.15) is 0 Å². The first-order valence-electron chi connectivity index (χ1n) is 13.4. The minimum Gasteiger partial charge on any atom is -0.324 e. The summed E-state index contributed by atoms with van der Waals surface area (Å²) in [5.74, 6) is 0.128. The average molecular weight is 497 g/mol. The molecule has 0 saturated carbocycles. The number of hydrogen-bond acceptors (Lipinski definition) is 4. The highest BCUT2D eigenvalue weighted by molar-refractivity contribution is 5.96. The van der Waals surface area contributed by atoms with Crippen molar-refractivity contribution in [1.82, 2.24) is 10.2 Å². The maximum atomic E-state index is 12.6. The van der Waals surface area contributed by atoms with Crippen LogP contribution in [0.4, 0.5) is 11.4 Å². The lowest BCUT2D eigenvalue weighted by molar-refractivity contribution is -0.121. The summed E-state index contributed by atoms with van der Waals surface area (Å²) in [6.07, 6.45) is 2.94. The van der Waals surface area contributed by atoms with Crippen molar-refractivity contribution in [1.29, 1.82) is 0 Å². The first kappa shape index (κ1) is 31.3. The molecule has 6 nitrogen and oxygen atoms in total. The lowest BCUT2D eigenvalue weighted by atomic mass is 10.1. The third kappa shape index (κ3) is 10.1. The largest absolute Gasteiger partial charge is 0.324 e. The second kappa shape index (κ2) is 16.9. The van der Waals surface area contributed by atoms with E-state index in [9.17, 15) is 9.59 Å². The monoisotopic (exact) mass is 496 g/mol. The third-order valence-electron chi connectivity index (χ3n) is 6.27. The van der Waals surface area contributed by atoms with E-state index in [2.05, 4.69) is 48.5 Å². The molecule has 0 aliphatic carbocycles. The number of anilines is 2. The van der Waals surface area contributed by atoms with Gasteiger partial charge in [0.25, 0.3) is 0 Å². The van der Waals surface area contributed by atoms with Crippen LogP contribution in [-0.2, 0) is 9.59 Å². The van der Waals surface area contributed by atoms with Crippen molar-refractivity contribution in [3.05, 3.63) is 59.2 Å². The molecule has 2 atom stereocenters. The van der Waals surface area contributed by atoms with Gasteiger partial charge in [-0.1, -0.05) is 64.1 Å². The lowest BCUT2D eigenvalue weighted by Crippen LogP contribution is -2.44. The van der Waals surface area contributed by atoms with Crippen LogP contribution in [0.25, 0.3) is 0 Å². The quantitative estimate of drug-likeness (QED) is 0.333. The number of carbonyl (C=O) groups is 2. The fourth-order valence-corrected chi connectivity index (χ4v) is 4.06. The minimum atomic E-state index is -0.153. The summed E-state index contributed by atoms with van der Waals surface area (Å²) < 4.78 is 0. The highest BCUT2D eigenvalue weighted by Gasteiger charge is 2.23. The molecule has 0 saturated heterocycles. The number of amides is 2. The van der Waals surface area contributed by atoms with Crippen LogP contribution >= 0.6 is 0 Å². The van der Waals surface area contributed by atoms with Crippen molar-refractivity contribution < 1.29 is 9.59 Å². The van der Waals surface area contributed by atoms with Gasteiger partial charge in [0.05, 0.1) is 12.1 Å². The molecular formula is C30H48N4O2. The summed E-state index contributed by atoms with van der Waals surface area (Å²) in [6.45, 7) is 19.1. The molecule has 2 aromatic carbocycles. The van der Waals surface area contributed by atoms with E-state index in [1.54, 1.807) is 0 Å².